The van der Waals surface area contributed by atoms with E-state index >= 15 is 0 Å². The van der Waals surface area contributed by atoms with Crippen LogP contribution in [0.2, 0.25) is 0 Å². The summed E-state index contributed by atoms with van der Waals surface area (Å²) in [6.45, 7) is 4.81. The van der Waals surface area contributed by atoms with E-state index in [1.165, 1.54) is 4.90 Å². The van der Waals surface area contributed by atoms with Crippen LogP contribution in [0.25, 0.3) is 0 Å². The van der Waals surface area contributed by atoms with E-state index in [1.54, 1.807) is 42.5 Å². The van der Waals surface area contributed by atoms with Gasteiger partial charge < -0.3 is 14.8 Å². The quantitative estimate of drug-likeness (QED) is 0.675. The van der Waals surface area contributed by atoms with E-state index in [0.717, 1.165) is 19.3 Å². The van der Waals surface area contributed by atoms with Gasteiger partial charge in [0.1, 0.15) is 11.5 Å². The average Bonchev–Trinajstić information content (AvgIpc) is 3.37. The van der Waals surface area contributed by atoms with Crippen LogP contribution in [0.3, 0.4) is 0 Å². The van der Waals surface area contributed by atoms with Crippen LogP contribution in [0.15, 0.2) is 42.5 Å². The Kier molecular flexibility index (Phi) is 6.04. The van der Waals surface area contributed by atoms with Crippen LogP contribution in [-0.4, -0.2) is 41.9 Å². The van der Waals surface area contributed by atoms with Crippen LogP contribution in [0.5, 0.6) is 11.5 Å². The highest BCUT2D eigenvalue weighted by atomic mass is 16.5. The summed E-state index contributed by atoms with van der Waals surface area (Å²) in [5.41, 5.74) is 1.42. The zero-order valence-corrected chi connectivity index (χ0v) is 17.7. The van der Waals surface area contributed by atoms with E-state index in [2.05, 4.69) is 5.32 Å². The minimum atomic E-state index is -0.316. The molecule has 2 aromatic carbocycles. The Morgan fingerprint density at radius 3 is 2.52 bits per heavy atom. The molecule has 2 atom stereocenters. The largest absolute Gasteiger partial charge is 0.457 e. The maximum atomic E-state index is 12.8. The van der Waals surface area contributed by atoms with Crippen molar-refractivity contribution in [3.05, 3.63) is 53.6 Å². The standard InChI is InChI=1S/C24H26N2O5/c1-3-15(2)22(27)25-16-6-8-17(9-7-16)31-18-10-11-20-21(13-18)24(29)26(23(20)28)14-19-5-4-12-30-19/h6-11,13,15,19H,3-5,12,14H2,1-2H3,(H,25,27). The van der Waals surface area contributed by atoms with Gasteiger partial charge in [0.2, 0.25) is 5.91 Å². The first-order chi connectivity index (χ1) is 15.0. The van der Waals surface area contributed by atoms with E-state index in [-0.39, 0.29) is 36.3 Å². The molecule has 2 aliphatic rings. The van der Waals surface area contributed by atoms with Crippen molar-refractivity contribution in [1.29, 1.82) is 0 Å². The van der Waals surface area contributed by atoms with Crippen LogP contribution in [-0.2, 0) is 9.53 Å². The Hall–Kier alpha value is -3.19. The Morgan fingerprint density at radius 2 is 1.84 bits per heavy atom. The zero-order chi connectivity index (χ0) is 22.0. The van der Waals surface area contributed by atoms with Crippen molar-refractivity contribution in [2.75, 3.05) is 18.5 Å². The number of carbonyl (C=O) groups is 3. The maximum Gasteiger partial charge on any atom is 0.261 e. The fourth-order valence-corrected chi connectivity index (χ4v) is 3.68. The number of carbonyl (C=O) groups excluding carboxylic acids is 3. The molecule has 1 fully saturated rings. The topological polar surface area (TPSA) is 84.9 Å². The zero-order valence-electron chi connectivity index (χ0n) is 17.7. The first-order valence-corrected chi connectivity index (χ1v) is 10.7. The normalized spacial score (nSPS) is 18.8. The Labute approximate surface area is 181 Å². The number of nitrogens with one attached hydrogen (secondary N) is 1. The molecule has 0 spiro atoms. The number of amides is 3. The fourth-order valence-electron chi connectivity index (χ4n) is 3.68. The number of nitrogens with zero attached hydrogens (tertiary/aromatic N) is 1. The van der Waals surface area contributed by atoms with Gasteiger partial charge in [-0.05, 0) is 61.7 Å². The second-order valence-electron chi connectivity index (χ2n) is 7.99. The van der Waals surface area contributed by atoms with E-state index in [0.29, 0.717) is 34.9 Å². The summed E-state index contributed by atoms with van der Waals surface area (Å²) in [6.07, 6.45) is 2.50. The molecular formula is C24H26N2O5. The number of benzene rings is 2. The molecule has 0 bridgehead atoms. The van der Waals surface area contributed by atoms with E-state index in [4.69, 9.17) is 9.47 Å². The molecule has 7 nitrogen and oxygen atoms in total. The highest BCUT2D eigenvalue weighted by Gasteiger charge is 2.37. The molecule has 3 amide bonds. The molecule has 1 saturated heterocycles. The minimum Gasteiger partial charge on any atom is -0.457 e. The number of anilines is 1. The molecule has 4 rings (SSSR count). The second-order valence-corrected chi connectivity index (χ2v) is 7.99. The number of hydrogen-bond acceptors (Lipinski definition) is 5. The average molecular weight is 422 g/mol. The number of fused-ring (bicyclic) bond motifs is 1. The van der Waals surface area contributed by atoms with Gasteiger partial charge >= 0.3 is 0 Å². The lowest BCUT2D eigenvalue weighted by atomic mass is 10.1. The summed E-state index contributed by atoms with van der Waals surface area (Å²) < 4.78 is 11.4. The van der Waals surface area contributed by atoms with Gasteiger partial charge in [-0.2, -0.15) is 0 Å². The van der Waals surface area contributed by atoms with Crippen LogP contribution in [0.1, 0.15) is 53.8 Å². The van der Waals surface area contributed by atoms with Crippen LogP contribution < -0.4 is 10.1 Å². The van der Waals surface area contributed by atoms with Crippen molar-refractivity contribution in [3.8, 4) is 11.5 Å². The first kappa shape index (κ1) is 21.1. The van der Waals surface area contributed by atoms with Crippen molar-refractivity contribution < 1.29 is 23.9 Å². The molecule has 2 aromatic rings. The Balaban J connectivity index is 1.43. The molecule has 1 N–H and O–H groups in total. The molecule has 2 heterocycles. The molecule has 0 aromatic heterocycles. The SMILES string of the molecule is CCC(C)C(=O)Nc1ccc(Oc2ccc3c(c2)C(=O)N(CC2CCCO2)C3=O)cc1. The minimum absolute atomic E-state index is 0.0227. The van der Waals surface area contributed by atoms with Gasteiger partial charge in [-0.25, -0.2) is 0 Å². The first-order valence-electron chi connectivity index (χ1n) is 10.7. The van der Waals surface area contributed by atoms with Crippen LogP contribution in [0, 0.1) is 5.92 Å². The van der Waals surface area contributed by atoms with Gasteiger partial charge in [0, 0.05) is 18.2 Å². The summed E-state index contributed by atoms with van der Waals surface area (Å²) in [6, 6.07) is 11.9. The predicted molar refractivity (Wildman–Crippen MR) is 115 cm³/mol. The molecule has 162 valence electrons. The molecule has 31 heavy (non-hydrogen) atoms. The Morgan fingerprint density at radius 1 is 1.13 bits per heavy atom. The highest BCUT2D eigenvalue weighted by Crippen LogP contribution is 2.31. The third kappa shape index (κ3) is 4.46. The molecule has 7 heteroatoms. The Bertz CT molecular complexity index is 996. The summed E-state index contributed by atoms with van der Waals surface area (Å²) in [5, 5.41) is 2.87. The lowest BCUT2D eigenvalue weighted by Crippen LogP contribution is -2.36. The monoisotopic (exact) mass is 422 g/mol. The third-order valence-corrected chi connectivity index (χ3v) is 5.77. The summed E-state index contributed by atoms with van der Waals surface area (Å²) >= 11 is 0. The fraction of sp³-hybridized carbons (Fsp3) is 0.375. The van der Waals surface area contributed by atoms with Crippen molar-refractivity contribution in [1.82, 2.24) is 4.90 Å². The van der Waals surface area contributed by atoms with Crippen molar-refractivity contribution in [3.63, 3.8) is 0 Å². The second kappa shape index (κ2) is 8.89. The number of rotatable bonds is 7. The van der Waals surface area contributed by atoms with Crippen molar-refractivity contribution in [2.24, 2.45) is 5.92 Å². The molecule has 0 radical (unpaired) electrons. The third-order valence-electron chi connectivity index (χ3n) is 5.77. The van der Waals surface area contributed by atoms with Crippen molar-refractivity contribution >= 4 is 23.4 Å². The molecule has 2 aliphatic heterocycles. The van der Waals surface area contributed by atoms with Gasteiger partial charge in [-0.3, -0.25) is 19.3 Å². The van der Waals surface area contributed by atoms with E-state index in [9.17, 15) is 14.4 Å². The summed E-state index contributed by atoms with van der Waals surface area (Å²) in [4.78, 5) is 38.7. The van der Waals surface area contributed by atoms with Crippen molar-refractivity contribution in [2.45, 2.75) is 39.2 Å². The highest BCUT2D eigenvalue weighted by molar-refractivity contribution is 6.21. The number of imide groups is 1. The van der Waals surface area contributed by atoms with Gasteiger partial charge in [-0.15, -0.1) is 0 Å². The molecule has 0 saturated carbocycles. The van der Waals surface area contributed by atoms with Gasteiger partial charge in [0.15, 0.2) is 0 Å². The smallest absolute Gasteiger partial charge is 0.261 e. The maximum absolute atomic E-state index is 12.8. The number of hydrogen-bond donors (Lipinski definition) is 1. The number of ether oxygens (including phenoxy) is 2. The lowest BCUT2D eigenvalue weighted by Gasteiger charge is -2.17. The molecule has 0 aliphatic carbocycles. The van der Waals surface area contributed by atoms with Crippen LogP contribution >= 0.6 is 0 Å². The van der Waals surface area contributed by atoms with Crippen LogP contribution in [0.4, 0.5) is 5.69 Å². The molecular weight excluding hydrogens is 396 g/mol. The summed E-state index contributed by atoms with van der Waals surface area (Å²) in [5.74, 6) is 0.352. The molecule has 2 unspecified atom stereocenters. The van der Waals surface area contributed by atoms with E-state index in [1.807, 2.05) is 13.8 Å². The summed E-state index contributed by atoms with van der Waals surface area (Å²) in [7, 11) is 0. The lowest BCUT2D eigenvalue weighted by molar-refractivity contribution is -0.119. The van der Waals surface area contributed by atoms with Gasteiger partial charge in [0.05, 0.1) is 23.8 Å². The van der Waals surface area contributed by atoms with Gasteiger partial charge in [-0.1, -0.05) is 13.8 Å². The van der Waals surface area contributed by atoms with Gasteiger partial charge in [0.25, 0.3) is 11.8 Å². The predicted octanol–water partition coefficient (Wildman–Crippen LogP) is 4.24. The van der Waals surface area contributed by atoms with E-state index < -0.39 is 0 Å².